The van der Waals surface area contributed by atoms with Crippen LogP contribution >= 0.6 is 11.3 Å². The molecule has 0 spiro atoms. The number of furan rings is 1. The van der Waals surface area contributed by atoms with Gasteiger partial charge in [-0.05, 0) is 43.5 Å². The molecule has 0 unspecified atom stereocenters. The van der Waals surface area contributed by atoms with Crippen LogP contribution in [0.3, 0.4) is 0 Å². The van der Waals surface area contributed by atoms with E-state index in [1.54, 1.807) is 29.5 Å². The van der Waals surface area contributed by atoms with E-state index in [0.29, 0.717) is 18.7 Å². The fraction of sp³-hybridized carbons (Fsp3) is 0.250. The highest BCUT2D eigenvalue weighted by Gasteiger charge is 2.21. The Bertz CT molecular complexity index is 1090. The molecule has 0 fully saturated rings. The Morgan fingerprint density at radius 1 is 1.33 bits per heavy atom. The minimum absolute atomic E-state index is 0.0788. The maximum Gasteiger partial charge on any atom is 0.254 e. The van der Waals surface area contributed by atoms with E-state index in [4.69, 9.17) is 9.40 Å². The van der Waals surface area contributed by atoms with Crippen LogP contribution in [-0.2, 0) is 13.1 Å². The molecule has 1 amide bonds. The Kier molecular flexibility index (Phi) is 4.53. The molecule has 0 aromatic carbocycles. The molecule has 0 N–H and O–H groups in total. The second-order valence-corrected chi connectivity index (χ2v) is 7.35. The molecular formula is C20H20N4O2S. The van der Waals surface area contributed by atoms with Crippen LogP contribution in [0.25, 0.3) is 21.6 Å². The van der Waals surface area contributed by atoms with E-state index in [0.717, 1.165) is 33.1 Å². The van der Waals surface area contributed by atoms with Crippen molar-refractivity contribution in [3.63, 3.8) is 0 Å². The summed E-state index contributed by atoms with van der Waals surface area (Å²) in [6.07, 6.45) is 1.72. The molecule has 0 saturated heterocycles. The monoisotopic (exact) mass is 380 g/mol. The summed E-state index contributed by atoms with van der Waals surface area (Å²) in [5.74, 6) is 1.52. The number of hydrogen-bond donors (Lipinski definition) is 0. The highest BCUT2D eigenvalue weighted by molar-refractivity contribution is 7.13. The lowest BCUT2D eigenvalue weighted by Crippen LogP contribution is -2.26. The predicted octanol–water partition coefficient (Wildman–Crippen LogP) is 4.35. The van der Waals surface area contributed by atoms with Crippen molar-refractivity contribution in [1.82, 2.24) is 19.7 Å². The van der Waals surface area contributed by atoms with Gasteiger partial charge in [-0.2, -0.15) is 5.10 Å². The molecule has 0 bridgehead atoms. The highest BCUT2D eigenvalue weighted by Crippen LogP contribution is 2.28. The maximum atomic E-state index is 13.2. The van der Waals surface area contributed by atoms with Crippen LogP contribution in [0, 0.1) is 6.92 Å². The zero-order valence-electron chi connectivity index (χ0n) is 15.5. The van der Waals surface area contributed by atoms with Crippen LogP contribution in [0.1, 0.15) is 28.8 Å². The van der Waals surface area contributed by atoms with Crippen molar-refractivity contribution >= 4 is 28.3 Å². The van der Waals surface area contributed by atoms with Crippen LogP contribution in [0.5, 0.6) is 0 Å². The Labute approximate surface area is 161 Å². The molecule has 0 aliphatic carbocycles. The standard InChI is InChI=1S/C20H20N4O2S/c1-4-24-19-16(11-21-24)15(10-17(22-19)18-6-5-9-27-18)20(25)23(3)12-14-8-7-13(2)26-14/h5-11H,4,12H2,1-3H3. The number of aryl methyl sites for hydroxylation is 2. The van der Waals surface area contributed by atoms with E-state index in [1.807, 2.05) is 54.2 Å². The van der Waals surface area contributed by atoms with Gasteiger partial charge in [0.05, 0.1) is 34.3 Å². The number of nitrogens with zero attached hydrogens (tertiary/aromatic N) is 4. The second kappa shape index (κ2) is 7.00. The van der Waals surface area contributed by atoms with E-state index in [1.165, 1.54) is 0 Å². The van der Waals surface area contributed by atoms with Crippen molar-refractivity contribution in [2.45, 2.75) is 26.9 Å². The fourth-order valence-corrected chi connectivity index (χ4v) is 3.77. The summed E-state index contributed by atoms with van der Waals surface area (Å²) in [6.45, 7) is 5.01. The van der Waals surface area contributed by atoms with Gasteiger partial charge in [0.2, 0.25) is 0 Å². The summed E-state index contributed by atoms with van der Waals surface area (Å²) in [7, 11) is 1.78. The molecular weight excluding hydrogens is 360 g/mol. The lowest BCUT2D eigenvalue weighted by atomic mass is 10.1. The number of thiophene rings is 1. The quantitative estimate of drug-likeness (QED) is 0.516. The molecule has 0 saturated carbocycles. The molecule has 0 aliphatic heterocycles. The predicted molar refractivity (Wildman–Crippen MR) is 106 cm³/mol. The van der Waals surface area contributed by atoms with E-state index >= 15 is 0 Å². The molecule has 0 aliphatic rings. The lowest BCUT2D eigenvalue weighted by Gasteiger charge is -2.17. The smallest absolute Gasteiger partial charge is 0.254 e. The van der Waals surface area contributed by atoms with Crippen LogP contribution in [0.2, 0.25) is 0 Å². The van der Waals surface area contributed by atoms with Gasteiger partial charge in [0.15, 0.2) is 5.65 Å². The summed E-state index contributed by atoms with van der Waals surface area (Å²) in [5.41, 5.74) is 2.13. The minimum atomic E-state index is -0.0788. The van der Waals surface area contributed by atoms with Gasteiger partial charge < -0.3 is 9.32 Å². The molecule has 4 rings (SSSR count). The van der Waals surface area contributed by atoms with Crippen LogP contribution in [0.15, 0.2) is 46.3 Å². The van der Waals surface area contributed by atoms with E-state index in [2.05, 4.69) is 5.10 Å². The first-order valence-corrected chi connectivity index (χ1v) is 9.66. The van der Waals surface area contributed by atoms with Gasteiger partial charge in [-0.15, -0.1) is 11.3 Å². The van der Waals surface area contributed by atoms with Gasteiger partial charge in [0, 0.05) is 13.6 Å². The van der Waals surface area contributed by atoms with Crippen molar-refractivity contribution in [3.8, 4) is 10.6 Å². The average Bonchev–Trinajstić information content (AvgIpc) is 3.40. The van der Waals surface area contributed by atoms with Crippen LogP contribution in [0.4, 0.5) is 0 Å². The summed E-state index contributed by atoms with van der Waals surface area (Å²) >= 11 is 1.60. The number of aromatic nitrogens is 3. The first-order chi connectivity index (χ1) is 13.1. The summed E-state index contributed by atoms with van der Waals surface area (Å²) in [6, 6.07) is 9.65. The Morgan fingerprint density at radius 2 is 2.19 bits per heavy atom. The van der Waals surface area contributed by atoms with E-state index in [-0.39, 0.29) is 5.91 Å². The zero-order valence-corrected chi connectivity index (χ0v) is 16.3. The largest absolute Gasteiger partial charge is 0.464 e. The summed E-state index contributed by atoms with van der Waals surface area (Å²) in [4.78, 5) is 20.7. The fourth-order valence-electron chi connectivity index (χ4n) is 3.09. The number of pyridine rings is 1. The second-order valence-electron chi connectivity index (χ2n) is 6.40. The van der Waals surface area contributed by atoms with Gasteiger partial charge in [-0.1, -0.05) is 6.07 Å². The van der Waals surface area contributed by atoms with Gasteiger partial charge in [-0.3, -0.25) is 4.79 Å². The summed E-state index contributed by atoms with van der Waals surface area (Å²) < 4.78 is 7.43. The number of carbonyl (C=O) groups excluding carboxylic acids is 1. The van der Waals surface area contributed by atoms with Crippen LogP contribution in [-0.4, -0.2) is 32.6 Å². The van der Waals surface area contributed by atoms with Crippen molar-refractivity contribution in [1.29, 1.82) is 0 Å². The third-order valence-corrected chi connectivity index (χ3v) is 5.34. The minimum Gasteiger partial charge on any atom is -0.464 e. The van der Waals surface area contributed by atoms with Crippen molar-refractivity contribution in [2.75, 3.05) is 7.05 Å². The molecule has 4 heterocycles. The SMILES string of the molecule is CCn1ncc2c(C(=O)N(C)Cc3ccc(C)o3)cc(-c3cccs3)nc21. The molecule has 138 valence electrons. The van der Waals surface area contributed by atoms with Crippen molar-refractivity contribution in [2.24, 2.45) is 0 Å². The zero-order chi connectivity index (χ0) is 19.0. The van der Waals surface area contributed by atoms with Gasteiger partial charge in [-0.25, -0.2) is 9.67 Å². The molecule has 27 heavy (non-hydrogen) atoms. The maximum absolute atomic E-state index is 13.2. The summed E-state index contributed by atoms with van der Waals surface area (Å²) in [5, 5.41) is 7.17. The Morgan fingerprint density at radius 3 is 2.85 bits per heavy atom. The first-order valence-electron chi connectivity index (χ1n) is 8.78. The molecule has 4 aromatic heterocycles. The van der Waals surface area contributed by atoms with Gasteiger partial charge in [0.25, 0.3) is 5.91 Å². The average molecular weight is 380 g/mol. The molecule has 4 aromatic rings. The molecule has 0 radical (unpaired) electrons. The number of hydrogen-bond acceptors (Lipinski definition) is 5. The van der Waals surface area contributed by atoms with Gasteiger partial charge >= 0.3 is 0 Å². The number of amides is 1. The molecule has 0 atom stereocenters. The van der Waals surface area contributed by atoms with Crippen LogP contribution < -0.4 is 0 Å². The van der Waals surface area contributed by atoms with E-state index in [9.17, 15) is 4.79 Å². The third kappa shape index (κ3) is 3.26. The lowest BCUT2D eigenvalue weighted by molar-refractivity contribution is 0.0777. The van der Waals surface area contributed by atoms with Gasteiger partial charge in [0.1, 0.15) is 11.5 Å². The first kappa shape index (κ1) is 17.5. The molecule has 7 heteroatoms. The highest BCUT2D eigenvalue weighted by atomic mass is 32.1. The number of carbonyl (C=O) groups is 1. The normalized spacial score (nSPS) is 11.2. The molecule has 6 nitrogen and oxygen atoms in total. The van der Waals surface area contributed by atoms with Crippen molar-refractivity contribution < 1.29 is 9.21 Å². The number of fused-ring (bicyclic) bond motifs is 1. The van der Waals surface area contributed by atoms with E-state index < -0.39 is 0 Å². The topological polar surface area (TPSA) is 64.2 Å². The Balaban J connectivity index is 1.77. The third-order valence-electron chi connectivity index (χ3n) is 4.45. The Hall–Kier alpha value is -2.93. The van der Waals surface area contributed by atoms with Crippen molar-refractivity contribution in [3.05, 3.63) is 59.0 Å². The number of rotatable bonds is 5.